The molecule has 8 heteroatoms. The van der Waals surface area contributed by atoms with E-state index in [1.807, 2.05) is 24.9 Å². The third kappa shape index (κ3) is 4.34. The number of thiophene rings is 1. The van der Waals surface area contributed by atoms with Crippen molar-refractivity contribution in [1.82, 2.24) is 14.2 Å². The lowest BCUT2D eigenvalue weighted by Crippen LogP contribution is -2.48. The molecule has 0 radical (unpaired) electrons. The number of anilines is 1. The first-order chi connectivity index (χ1) is 14.0. The van der Waals surface area contributed by atoms with Crippen molar-refractivity contribution >= 4 is 33.8 Å². The average molecular weight is 431 g/mol. The van der Waals surface area contributed by atoms with Crippen molar-refractivity contribution in [2.45, 2.75) is 13.5 Å². The molecule has 1 aliphatic rings. The Hall–Kier alpha value is -2.29. The molecule has 4 rings (SSSR count). The summed E-state index contributed by atoms with van der Waals surface area (Å²) in [6, 6.07) is 10.9. The fourth-order valence-electron chi connectivity index (χ4n) is 3.54. The molecule has 1 aromatic carbocycles. The van der Waals surface area contributed by atoms with E-state index in [0.717, 1.165) is 40.8 Å². The lowest BCUT2D eigenvalue weighted by atomic mass is 10.2. The van der Waals surface area contributed by atoms with Crippen molar-refractivity contribution in [3.05, 3.63) is 58.3 Å². The number of rotatable bonds is 5. The molecule has 0 unspecified atom stereocenters. The molecule has 1 fully saturated rings. The summed E-state index contributed by atoms with van der Waals surface area (Å²) in [7, 11) is 1.82. The van der Waals surface area contributed by atoms with Gasteiger partial charge in [-0.15, -0.1) is 11.3 Å². The van der Waals surface area contributed by atoms with Gasteiger partial charge in [0.1, 0.15) is 10.8 Å². The normalized spacial score (nSPS) is 14.9. The topological polar surface area (TPSA) is 48.5 Å². The highest BCUT2D eigenvalue weighted by molar-refractivity contribution is 7.15. The van der Waals surface area contributed by atoms with E-state index in [0.29, 0.717) is 18.7 Å². The van der Waals surface area contributed by atoms with E-state index in [1.165, 1.54) is 22.5 Å². The smallest absolute Gasteiger partial charge is 0.258 e. The van der Waals surface area contributed by atoms with Crippen LogP contribution in [0.3, 0.4) is 0 Å². The molecule has 3 heterocycles. The Morgan fingerprint density at radius 2 is 2.00 bits per heavy atom. The van der Waals surface area contributed by atoms with Crippen LogP contribution in [0.2, 0.25) is 0 Å². The van der Waals surface area contributed by atoms with Gasteiger partial charge in [0.2, 0.25) is 0 Å². The van der Waals surface area contributed by atoms with Crippen LogP contribution in [0.4, 0.5) is 9.39 Å². The Morgan fingerprint density at radius 1 is 1.21 bits per heavy atom. The molecule has 5 nitrogen and oxygen atoms in total. The third-order valence-corrected chi connectivity index (χ3v) is 7.19. The number of nitrogens with one attached hydrogen (secondary N) is 1. The van der Waals surface area contributed by atoms with Crippen molar-refractivity contribution in [1.29, 1.82) is 0 Å². The molecular formula is C21H23FN4OS2. The van der Waals surface area contributed by atoms with Crippen molar-refractivity contribution in [3.8, 4) is 10.4 Å². The van der Waals surface area contributed by atoms with Crippen LogP contribution in [0.25, 0.3) is 10.4 Å². The molecule has 0 bridgehead atoms. The van der Waals surface area contributed by atoms with Crippen LogP contribution < -0.4 is 5.32 Å². The summed E-state index contributed by atoms with van der Waals surface area (Å²) in [5.74, 6) is -0.152. The molecule has 3 aromatic rings. The number of hydrogen-bond donors (Lipinski definition) is 1. The lowest BCUT2D eigenvalue weighted by Gasteiger charge is -2.34. The van der Waals surface area contributed by atoms with Crippen LogP contribution in [-0.2, 0) is 6.54 Å². The Kier molecular flexibility index (Phi) is 5.94. The number of carbonyl (C=O) groups is 1. The standard InChI is InChI=1S/C21H23FN4OS2/c1-14-19(20(23-2)29-24-14)21(27)26-10-8-25(9-11-26)13-17-6-7-18(28-17)15-4-3-5-16(22)12-15/h3-7,12,23H,8-11,13H2,1-2H3. The summed E-state index contributed by atoms with van der Waals surface area (Å²) in [6.07, 6.45) is 0. The molecule has 0 saturated carbocycles. The second kappa shape index (κ2) is 8.61. The highest BCUT2D eigenvalue weighted by Crippen LogP contribution is 2.30. The van der Waals surface area contributed by atoms with Gasteiger partial charge in [-0.1, -0.05) is 12.1 Å². The van der Waals surface area contributed by atoms with Crippen LogP contribution in [0.5, 0.6) is 0 Å². The summed E-state index contributed by atoms with van der Waals surface area (Å²) < 4.78 is 17.8. The number of nitrogens with zero attached hydrogens (tertiary/aromatic N) is 3. The molecule has 2 aromatic heterocycles. The number of carbonyl (C=O) groups excluding carboxylic acids is 1. The molecule has 29 heavy (non-hydrogen) atoms. The minimum absolute atomic E-state index is 0.0600. The van der Waals surface area contributed by atoms with E-state index in [2.05, 4.69) is 26.7 Å². The van der Waals surface area contributed by atoms with Crippen molar-refractivity contribution in [2.75, 3.05) is 38.5 Å². The Bertz CT molecular complexity index is 1010. The van der Waals surface area contributed by atoms with Gasteiger partial charge < -0.3 is 10.2 Å². The zero-order chi connectivity index (χ0) is 20.4. The quantitative estimate of drug-likeness (QED) is 0.655. The first kappa shape index (κ1) is 20.0. The van der Waals surface area contributed by atoms with Crippen LogP contribution in [0.1, 0.15) is 20.9 Å². The maximum atomic E-state index is 13.5. The maximum absolute atomic E-state index is 13.5. The summed E-state index contributed by atoms with van der Waals surface area (Å²) >= 11 is 3.03. The van der Waals surface area contributed by atoms with E-state index in [9.17, 15) is 9.18 Å². The van der Waals surface area contributed by atoms with Crippen LogP contribution in [0, 0.1) is 12.7 Å². The summed E-state index contributed by atoms with van der Waals surface area (Å²) in [5, 5.41) is 3.90. The van der Waals surface area contributed by atoms with E-state index < -0.39 is 0 Å². The van der Waals surface area contributed by atoms with Crippen molar-refractivity contribution in [2.24, 2.45) is 0 Å². The first-order valence-electron chi connectivity index (χ1n) is 9.55. The van der Waals surface area contributed by atoms with Crippen LogP contribution in [0.15, 0.2) is 36.4 Å². The SMILES string of the molecule is CNc1snc(C)c1C(=O)N1CCN(Cc2ccc(-c3cccc(F)c3)s2)CC1. The molecular weight excluding hydrogens is 407 g/mol. The summed E-state index contributed by atoms with van der Waals surface area (Å²) in [4.78, 5) is 19.5. The number of aromatic nitrogens is 1. The zero-order valence-corrected chi connectivity index (χ0v) is 18.1. The number of halogens is 1. The number of amides is 1. The number of hydrogen-bond acceptors (Lipinski definition) is 6. The van der Waals surface area contributed by atoms with Gasteiger partial charge in [-0.3, -0.25) is 9.69 Å². The molecule has 1 N–H and O–H groups in total. The van der Waals surface area contributed by atoms with Crippen molar-refractivity contribution in [3.63, 3.8) is 0 Å². The number of piperazine rings is 1. The molecule has 1 aliphatic heterocycles. The van der Waals surface area contributed by atoms with Gasteiger partial charge in [0.05, 0.1) is 11.3 Å². The van der Waals surface area contributed by atoms with Gasteiger partial charge in [0.25, 0.3) is 5.91 Å². The molecule has 152 valence electrons. The Morgan fingerprint density at radius 3 is 2.72 bits per heavy atom. The molecule has 1 amide bonds. The highest BCUT2D eigenvalue weighted by Gasteiger charge is 2.26. The lowest BCUT2D eigenvalue weighted by molar-refractivity contribution is 0.0630. The van der Waals surface area contributed by atoms with Crippen LogP contribution >= 0.6 is 22.9 Å². The summed E-state index contributed by atoms with van der Waals surface area (Å²) in [6.45, 7) is 5.82. The fraction of sp³-hybridized carbons (Fsp3) is 0.333. The minimum atomic E-state index is -0.212. The molecule has 0 atom stereocenters. The average Bonchev–Trinajstić information content (AvgIpc) is 3.34. The second-order valence-electron chi connectivity index (χ2n) is 7.07. The largest absolute Gasteiger partial charge is 0.378 e. The number of aryl methyl sites for hydroxylation is 1. The Labute approximate surface area is 177 Å². The van der Waals surface area contributed by atoms with Gasteiger partial charge in [-0.05, 0) is 48.3 Å². The molecule has 0 aliphatic carbocycles. The predicted octanol–water partition coefficient (Wildman–Crippen LogP) is 4.32. The van der Waals surface area contributed by atoms with Gasteiger partial charge in [-0.25, -0.2) is 4.39 Å². The Balaban J connectivity index is 1.36. The minimum Gasteiger partial charge on any atom is -0.378 e. The van der Waals surface area contributed by atoms with E-state index >= 15 is 0 Å². The number of benzene rings is 1. The van der Waals surface area contributed by atoms with E-state index in [1.54, 1.807) is 23.5 Å². The van der Waals surface area contributed by atoms with Gasteiger partial charge in [0, 0.05) is 49.5 Å². The second-order valence-corrected chi connectivity index (χ2v) is 9.01. The van der Waals surface area contributed by atoms with Crippen molar-refractivity contribution < 1.29 is 9.18 Å². The molecule has 1 saturated heterocycles. The fourth-order valence-corrected chi connectivity index (χ4v) is 5.32. The first-order valence-corrected chi connectivity index (χ1v) is 11.1. The van der Waals surface area contributed by atoms with Gasteiger partial charge in [0.15, 0.2) is 0 Å². The maximum Gasteiger partial charge on any atom is 0.258 e. The summed E-state index contributed by atoms with van der Waals surface area (Å²) in [5.41, 5.74) is 2.40. The van der Waals surface area contributed by atoms with Crippen LogP contribution in [-0.4, -0.2) is 53.3 Å². The van der Waals surface area contributed by atoms with E-state index in [4.69, 9.17) is 0 Å². The highest BCUT2D eigenvalue weighted by atomic mass is 32.1. The van der Waals surface area contributed by atoms with Gasteiger partial charge >= 0.3 is 0 Å². The van der Waals surface area contributed by atoms with Gasteiger partial charge in [-0.2, -0.15) is 4.37 Å². The monoisotopic (exact) mass is 430 g/mol. The third-order valence-electron chi connectivity index (χ3n) is 5.11. The van der Waals surface area contributed by atoms with E-state index in [-0.39, 0.29) is 11.7 Å². The molecule has 0 spiro atoms. The zero-order valence-electron chi connectivity index (χ0n) is 16.4. The predicted molar refractivity (Wildman–Crippen MR) is 117 cm³/mol.